The highest BCUT2D eigenvalue weighted by atomic mass is 32.3. The van der Waals surface area contributed by atoms with Gasteiger partial charge in [0.05, 0.1) is 46.0 Å². The molecule has 7 rings (SSSR count). The molecule has 2 saturated heterocycles. The second-order valence-corrected chi connectivity index (χ2v) is 25.2. The van der Waals surface area contributed by atoms with Crippen LogP contribution in [0.5, 0.6) is 23.0 Å². The van der Waals surface area contributed by atoms with E-state index in [4.69, 9.17) is 18.9 Å². The third-order valence-electron chi connectivity index (χ3n) is 14.6. The number of piperidine rings is 1. The maximum absolute atomic E-state index is 13.5. The van der Waals surface area contributed by atoms with Crippen LogP contribution < -0.4 is 18.9 Å². The quantitative estimate of drug-likeness (QED) is 0.0764. The van der Waals surface area contributed by atoms with Gasteiger partial charge in [0.15, 0.2) is 46.8 Å². The van der Waals surface area contributed by atoms with Crippen LogP contribution in [0.15, 0.2) is 121 Å². The van der Waals surface area contributed by atoms with E-state index in [0.29, 0.717) is 42.5 Å². The maximum atomic E-state index is 13.5. The van der Waals surface area contributed by atoms with Gasteiger partial charge < -0.3 is 39.0 Å². The highest BCUT2D eigenvalue weighted by molar-refractivity contribution is 8.10. The van der Waals surface area contributed by atoms with Crippen molar-refractivity contribution in [1.29, 1.82) is 0 Å². The Balaban J connectivity index is 0.000000236. The van der Waals surface area contributed by atoms with Crippen molar-refractivity contribution < 1.29 is 46.0 Å². The predicted molar refractivity (Wildman–Crippen MR) is 288 cm³/mol. The summed E-state index contributed by atoms with van der Waals surface area (Å²) in [7, 11) is 0.0553. The molecule has 0 amide bonds. The van der Waals surface area contributed by atoms with Gasteiger partial charge in [-0.2, -0.15) is 0 Å². The molecule has 5 aromatic rings. The van der Waals surface area contributed by atoms with Gasteiger partial charge in [-0.1, -0.05) is 118 Å². The number of aliphatic hydroxyl groups is 2. The molecule has 0 spiro atoms. The summed E-state index contributed by atoms with van der Waals surface area (Å²) in [5.41, 5.74) is 4.69. The Hall–Kier alpha value is -4.96. The molecule has 2 fully saturated rings. The van der Waals surface area contributed by atoms with Gasteiger partial charge in [0.1, 0.15) is 5.60 Å². The van der Waals surface area contributed by atoms with Crippen molar-refractivity contribution in [2.45, 2.75) is 93.3 Å². The Labute approximate surface area is 430 Å². The molecule has 0 aromatic heterocycles. The number of likely N-dealkylation sites (tertiary alicyclic amines) is 1. The molecule has 2 aliphatic heterocycles. The molecule has 2 N–H and O–H groups in total. The molecule has 392 valence electrons. The van der Waals surface area contributed by atoms with Crippen LogP contribution in [0.4, 0.5) is 0 Å². The van der Waals surface area contributed by atoms with Crippen LogP contribution in [0.3, 0.4) is 0 Å². The van der Waals surface area contributed by atoms with Crippen LogP contribution in [0.25, 0.3) is 0 Å². The van der Waals surface area contributed by atoms with E-state index in [0.717, 1.165) is 74.0 Å². The Bertz CT molecular complexity index is 2630. The summed E-state index contributed by atoms with van der Waals surface area (Å²) in [6.07, 6.45) is 4.43. The van der Waals surface area contributed by atoms with Crippen molar-refractivity contribution in [1.82, 2.24) is 9.80 Å². The van der Waals surface area contributed by atoms with Crippen molar-refractivity contribution in [3.05, 3.63) is 155 Å². The topological polar surface area (TPSA) is 152 Å². The van der Waals surface area contributed by atoms with E-state index in [2.05, 4.69) is 79.1 Å². The fourth-order valence-corrected chi connectivity index (χ4v) is 16.2. The van der Waals surface area contributed by atoms with Gasteiger partial charge in [0.25, 0.3) is 0 Å². The van der Waals surface area contributed by atoms with Gasteiger partial charge in [-0.3, -0.25) is 0 Å². The van der Waals surface area contributed by atoms with Crippen LogP contribution in [0, 0.1) is 5.92 Å². The molecule has 72 heavy (non-hydrogen) atoms. The fraction of sp³-hybridized carbons (Fsp3) is 0.483. The lowest BCUT2D eigenvalue weighted by molar-refractivity contribution is -0.0146. The van der Waals surface area contributed by atoms with Gasteiger partial charge in [-0.05, 0) is 154 Å². The number of benzene rings is 5. The lowest BCUT2D eigenvalue weighted by atomic mass is 9.72. The first-order chi connectivity index (χ1) is 34.3. The van der Waals surface area contributed by atoms with E-state index in [1.54, 1.807) is 20.3 Å². The van der Waals surface area contributed by atoms with Crippen molar-refractivity contribution in [2.24, 2.45) is 5.92 Å². The number of nitrogens with zero attached hydrogens (tertiary/aromatic N) is 2. The maximum Gasteiger partial charge on any atom is 0.198 e. The molecule has 5 aromatic carbocycles. The molecular formula is C58H78N2O10S2. The van der Waals surface area contributed by atoms with Crippen molar-refractivity contribution in [3.8, 4) is 23.0 Å². The summed E-state index contributed by atoms with van der Waals surface area (Å²) in [4.78, 5) is 4.56. The van der Waals surface area contributed by atoms with Crippen molar-refractivity contribution in [2.75, 3.05) is 79.7 Å². The lowest BCUT2D eigenvalue weighted by Crippen LogP contribution is -2.50. The van der Waals surface area contributed by atoms with Crippen molar-refractivity contribution >= 4 is 19.7 Å². The van der Waals surface area contributed by atoms with Crippen LogP contribution in [-0.2, 0) is 41.2 Å². The molecule has 0 saturated carbocycles. The number of methoxy groups -OCH3 is 4. The molecule has 1 unspecified atom stereocenters. The number of ether oxygens (including phenoxy) is 4. The first kappa shape index (κ1) is 56.3. The van der Waals surface area contributed by atoms with E-state index in [9.17, 15) is 27.0 Å². The highest BCUT2D eigenvalue weighted by Gasteiger charge is 2.57. The Morgan fingerprint density at radius 1 is 0.667 bits per heavy atom. The summed E-state index contributed by atoms with van der Waals surface area (Å²) < 4.78 is 73.2. The molecule has 0 bridgehead atoms. The monoisotopic (exact) mass is 1030 g/mol. The Morgan fingerprint density at radius 3 is 1.72 bits per heavy atom. The number of hydrogen-bond acceptors (Lipinski definition) is 12. The van der Waals surface area contributed by atoms with Gasteiger partial charge in [-0.15, -0.1) is 0 Å². The van der Waals surface area contributed by atoms with E-state index >= 15 is 0 Å². The summed E-state index contributed by atoms with van der Waals surface area (Å²) in [5, 5.41) is 22.8. The molecule has 0 radical (unpaired) electrons. The minimum atomic E-state index is -3.99. The number of sulfone groups is 2. The molecule has 2 heterocycles. The predicted octanol–water partition coefficient (Wildman–Crippen LogP) is 9.51. The fourth-order valence-electron chi connectivity index (χ4n) is 10.4. The zero-order valence-electron chi connectivity index (χ0n) is 43.7. The van der Waals surface area contributed by atoms with Crippen LogP contribution in [-0.4, -0.2) is 117 Å². The Morgan fingerprint density at radius 2 is 1.19 bits per heavy atom. The summed E-state index contributed by atoms with van der Waals surface area (Å²) in [6, 6.07) is 39.0. The second-order valence-electron chi connectivity index (χ2n) is 20.3. The molecule has 1 atom stereocenters. The minimum Gasteiger partial charge on any atom is -0.493 e. The Kier molecular flexibility index (Phi) is 19.4. The molecule has 14 heteroatoms. The SMILES string of the molecule is CC(C)(C)c1ccc(C(O)CCCN2CCC(C(O)(c3ccccc3)c3ccccc3)CC2)cc1.COc1ccc(CCN(C)CCCC2(c3ccc(OC)c(OC)c3)S(=O)(=O)CCCS2(=O)=O)cc1OC. The van der Waals surface area contributed by atoms with Crippen LogP contribution >= 0.6 is 0 Å². The zero-order valence-corrected chi connectivity index (χ0v) is 45.3. The first-order valence-electron chi connectivity index (χ1n) is 25.2. The normalized spacial score (nSPS) is 17.3. The molecular weight excluding hydrogens is 949 g/mol. The summed E-state index contributed by atoms with van der Waals surface area (Å²) in [5.74, 6) is 1.85. The number of likely N-dealkylation sites (N-methyl/N-ethyl adjacent to an activating group) is 1. The summed E-state index contributed by atoms with van der Waals surface area (Å²) in [6.45, 7) is 10.8. The highest BCUT2D eigenvalue weighted by Crippen LogP contribution is 2.47. The lowest BCUT2D eigenvalue weighted by Gasteiger charge is -2.42. The molecule has 0 aliphatic carbocycles. The minimum absolute atomic E-state index is 0.0339. The average molecular weight is 1030 g/mol. The van der Waals surface area contributed by atoms with Gasteiger partial charge in [-0.25, -0.2) is 16.8 Å². The molecule has 2 aliphatic rings. The van der Waals surface area contributed by atoms with Crippen LogP contribution in [0.1, 0.15) is 105 Å². The van der Waals surface area contributed by atoms with E-state index in [1.807, 2.05) is 61.6 Å². The first-order valence-corrected chi connectivity index (χ1v) is 28.5. The largest absolute Gasteiger partial charge is 0.493 e. The van der Waals surface area contributed by atoms with Crippen molar-refractivity contribution in [3.63, 3.8) is 0 Å². The van der Waals surface area contributed by atoms with E-state index in [1.165, 1.54) is 31.9 Å². The van der Waals surface area contributed by atoms with E-state index in [-0.39, 0.29) is 41.2 Å². The van der Waals surface area contributed by atoms with E-state index < -0.39 is 35.5 Å². The average Bonchev–Trinajstić information content (AvgIpc) is 3.38. The summed E-state index contributed by atoms with van der Waals surface area (Å²) >= 11 is 0. The van der Waals surface area contributed by atoms with Gasteiger partial charge in [0.2, 0.25) is 0 Å². The van der Waals surface area contributed by atoms with Crippen LogP contribution in [0.2, 0.25) is 0 Å². The molecule has 12 nitrogen and oxygen atoms in total. The number of hydrogen-bond donors (Lipinski definition) is 2. The third-order valence-corrected chi connectivity index (χ3v) is 20.7. The standard InChI is InChI=1S/C32H41NO2.C26H37NO8S2/c1-31(2,3)26-18-16-25(17-19-26)30(34)15-10-22-33-23-20-29(21-24-33)32(35,27-11-6-4-7-12-27)28-13-8-5-9-14-28;1-27(15-12-20-8-10-22(32-2)24(18-20)34-4)14-6-13-26(36(28,29)16-7-17-37(26,30)31)21-9-11-23(33-3)25(19-21)35-5/h4-9,11-14,16-19,29-30,34-35H,10,15,20-24H2,1-3H3;8-11,18-19H,6-7,12-17H2,1-5H3. The zero-order chi connectivity index (χ0) is 52.2. The second kappa shape index (κ2) is 24.8. The third kappa shape index (κ3) is 13.0. The number of rotatable bonds is 20. The number of aliphatic hydroxyl groups excluding tert-OH is 1. The van der Waals surface area contributed by atoms with Gasteiger partial charge in [0, 0.05) is 6.54 Å². The smallest absolute Gasteiger partial charge is 0.198 e. The van der Waals surface area contributed by atoms with Gasteiger partial charge >= 0.3 is 0 Å².